The zero-order valence-corrected chi connectivity index (χ0v) is 33.4. The fourth-order valence-corrected chi connectivity index (χ4v) is 9.28. The molecule has 11 aromatic rings. The molecule has 0 N–H and O–H groups in total. The summed E-state index contributed by atoms with van der Waals surface area (Å²) in [4.78, 5) is 15.1. The molecule has 0 bridgehead atoms. The Morgan fingerprint density at radius 3 is 2.09 bits per heavy atom. The monoisotopic (exact) mass is 924 g/mol. The molecule has 0 atom stereocenters. The Bertz CT molecular complexity index is 3370. The zero-order valence-electron chi connectivity index (χ0n) is 31.1. The first-order valence-corrected chi connectivity index (χ1v) is 19.1. The summed E-state index contributed by atoms with van der Waals surface area (Å²) in [6.45, 7) is 2.11. The van der Waals surface area contributed by atoms with Gasteiger partial charge in [-0.15, -0.1) is 23.6 Å². The van der Waals surface area contributed by atoms with Crippen molar-refractivity contribution in [2.24, 2.45) is 0 Å². The van der Waals surface area contributed by atoms with Gasteiger partial charge in [-0.25, -0.2) is 4.98 Å². The van der Waals surface area contributed by atoms with E-state index in [1.54, 1.807) is 0 Å². The van der Waals surface area contributed by atoms with E-state index in [1.807, 2.05) is 36.7 Å². The summed E-state index contributed by atoms with van der Waals surface area (Å²) in [5.41, 5.74) is 11.9. The Kier molecular flexibility index (Phi) is 7.76. The fourth-order valence-electron chi connectivity index (χ4n) is 9.28. The van der Waals surface area contributed by atoms with Gasteiger partial charge in [-0.05, 0) is 52.8 Å². The molecule has 7 heteroatoms. The molecule has 0 amide bonds. The van der Waals surface area contributed by atoms with Crippen LogP contribution in [0.4, 0.5) is 0 Å². The van der Waals surface area contributed by atoms with Crippen LogP contribution in [0.3, 0.4) is 0 Å². The average Bonchev–Trinajstić information content (AvgIpc) is 3.86. The molecular formula is C51H31N5OPt. The molecule has 0 unspecified atom stereocenters. The van der Waals surface area contributed by atoms with E-state index in [9.17, 15) is 0 Å². The van der Waals surface area contributed by atoms with Crippen LogP contribution in [0, 0.1) is 19.1 Å². The number of nitrogens with zero attached hydrogens (tertiary/aromatic N) is 5. The quantitative estimate of drug-likeness (QED) is 0.127. The third-order valence-corrected chi connectivity index (χ3v) is 11.7. The van der Waals surface area contributed by atoms with Crippen LogP contribution in [0.15, 0.2) is 170 Å². The molecule has 0 radical (unpaired) electrons. The average molecular weight is 925 g/mol. The van der Waals surface area contributed by atoms with Crippen LogP contribution in [0.25, 0.3) is 66.3 Å². The Morgan fingerprint density at radius 2 is 1.29 bits per heavy atom. The molecule has 6 heterocycles. The Labute approximate surface area is 348 Å². The number of aryl methyl sites for hydroxylation is 1. The maximum Gasteiger partial charge on any atom is 2.00 e. The second kappa shape index (κ2) is 13.1. The number of aromatic nitrogens is 5. The predicted octanol–water partition coefficient (Wildman–Crippen LogP) is 11.6. The molecule has 6 aromatic carbocycles. The van der Waals surface area contributed by atoms with Crippen LogP contribution in [0.5, 0.6) is 11.5 Å². The summed E-state index contributed by atoms with van der Waals surface area (Å²) in [6.07, 6.45) is 5.81. The van der Waals surface area contributed by atoms with Crippen LogP contribution in [0.1, 0.15) is 27.8 Å². The van der Waals surface area contributed by atoms with E-state index in [0.717, 1.165) is 71.9 Å². The third kappa shape index (κ3) is 4.79. The van der Waals surface area contributed by atoms with Gasteiger partial charge >= 0.3 is 21.1 Å². The van der Waals surface area contributed by atoms with Crippen molar-refractivity contribution in [2.45, 2.75) is 12.3 Å². The molecule has 1 aliphatic heterocycles. The first-order chi connectivity index (χ1) is 28.2. The molecule has 12 rings (SSSR count). The van der Waals surface area contributed by atoms with Gasteiger partial charge in [-0.3, -0.25) is 9.97 Å². The smallest absolute Gasteiger partial charge is 0.503 e. The van der Waals surface area contributed by atoms with Gasteiger partial charge in [0.05, 0.1) is 27.8 Å². The number of fused-ring (bicyclic) bond motifs is 11. The number of ether oxygens (including phenoxy) is 1. The van der Waals surface area contributed by atoms with E-state index in [1.165, 1.54) is 22.3 Å². The van der Waals surface area contributed by atoms with Crippen LogP contribution in [-0.4, -0.2) is 23.9 Å². The summed E-state index contributed by atoms with van der Waals surface area (Å²) in [7, 11) is 0. The first-order valence-electron chi connectivity index (χ1n) is 19.1. The summed E-state index contributed by atoms with van der Waals surface area (Å²) >= 11 is 0. The molecule has 1 aliphatic rings. The largest absolute Gasteiger partial charge is 2.00 e. The zero-order chi connectivity index (χ0) is 37.7. The minimum atomic E-state index is -0.592. The van der Waals surface area contributed by atoms with E-state index in [-0.39, 0.29) is 21.1 Å². The minimum Gasteiger partial charge on any atom is -0.503 e. The van der Waals surface area contributed by atoms with Gasteiger partial charge in [0.2, 0.25) is 0 Å². The molecule has 0 fully saturated rings. The molecule has 276 valence electrons. The normalized spacial score (nSPS) is 12.9. The van der Waals surface area contributed by atoms with Crippen molar-refractivity contribution in [1.29, 1.82) is 0 Å². The second-order valence-electron chi connectivity index (χ2n) is 14.7. The van der Waals surface area contributed by atoms with Crippen molar-refractivity contribution in [2.75, 3.05) is 0 Å². The van der Waals surface area contributed by atoms with Gasteiger partial charge in [0.15, 0.2) is 0 Å². The van der Waals surface area contributed by atoms with Gasteiger partial charge in [-0.1, -0.05) is 138 Å². The molecule has 0 saturated heterocycles. The van der Waals surface area contributed by atoms with Gasteiger partial charge in [0.25, 0.3) is 0 Å². The van der Waals surface area contributed by atoms with Crippen molar-refractivity contribution in [3.05, 3.63) is 210 Å². The number of pyridine rings is 3. The topological polar surface area (TPSA) is 57.2 Å². The van der Waals surface area contributed by atoms with Gasteiger partial charge in [0.1, 0.15) is 5.82 Å². The summed E-state index contributed by atoms with van der Waals surface area (Å²) in [5.74, 6) is 2.02. The minimum absolute atomic E-state index is 0. The summed E-state index contributed by atoms with van der Waals surface area (Å²) < 4.78 is 11.1. The van der Waals surface area contributed by atoms with Gasteiger partial charge < -0.3 is 13.7 Å². The van der Waals surface area contributed by atoms with E-state index in [0.29, 0.717) is 11.5 Å². The Hall–Kier alpha value is -6.88. The summed E-state index contributed by atoms with van der Waals surface area (Å²) in [5, 5.41) is 4.02. The van der Waals surface area contributed by atoms with Crippen LogP contribution >= 0.6 is 0 Å². The van der Waals surface area contributed by atoms with E-state index >= 15 is 0 Å². The Balaban J connectivity index is 0.00000385. The van der Waals surface area contributed by atoms with Gasteiger partial charge in [-0.2, -0.15) is 6.07 Å². The maximum absolute atomic E-state index is 6.68. The molecular weight excluding hydrogens is 894 g/mol. The standard InChI is InChI=1S/C51H31N5O.Pt/c1-32-13-8-9-18-37(32)44-31-55-45-22-12-27-52-47(45)39-26-24-35(29-41(39)49(55)54-44)57-36-23-25-38-40-19-10-20-42-48(40)56(46(38)30-36)50-43(21-11-28-53-50)51(42,33-14-4-2-5-15-33)34-16-6-3-7-17-34;/h2-28,31H,1H3;/q-2;+2. The number of para-hydroxylation sites is 1. The predicted molar refractivity (Wildman–Crippen MR) is 226 cm³/mol. The van der Waals surface area contributed by atoms with E-state index in [4.69, 9.17) is 19.7 Å². The molecule has 58 heavy (non-hydrogen) atoms. The van der Waals surface area contributed by atoms with E-state index in [2.05, 4.69) is 162 Å². The number of benzene rings is 6. The van der Waals surface area contributed by atoms with Crippen LogP contribution in [0.2, 0.25) is 0 Å². The second-order valence-corrected chi connectivity index (χ2v) is 14.7. The number of hydrogen-bond acceptors (Lipinski definition) is 4. The van der Waals surface area contributed by atoms with E-state index < -0.39 is 5.41 Å². The SMILES string of the molecule is Cc1ccccc1-c1cn2c3cccnc3c3ccc(Oc4[c-]c5c(cc4)c4cccc6c4n5-c4ncccc4C6(c4ccccc4)c4ccccc4)[c-]c3c2n1.[Pt+2]. The maximum atomic E-state index is 6.68. The van der Waals surface area contributed by atoms with Crippen LogP contribution in [-0.2, 0) is 26.5 Å². The fraction of sp³-hybridized carbons (Fsp3) is 0.0392. The van der Waals surface area contributed by atoms with Crippen molar-refractivity contribution < 1.29 is 25.8 Å². The van der Waals surface area contributed by atoms with Crippen molar-refractivity contribution in [1.82, 2.24) is 23.9 Å². The molecule has 5 aromatic heterocycles. The molecule has 0 saturated carbocycles. The van der Waals surface area contributed by atoms with Crippen molar-refractivity contribution >= 4 is 49.3 Å². The van der Waals surface area contributed by atoms with Crippen molar-refractivity contribution in [3.63, 3.8) is 0 Å². The molecule has 6 nitrogen and oxygen atoms in total. The van der Waals surface area contributed by atoms with Crippen molar-refractivity contribution in [3.8, 4) is 28.6 Å². The number of imidazole rings is 1. The van der Waals surface area contributed by atoms with Gasteiger partial charge in [0, 0.05) is 46.7 Å². The number of hydrogen-bond donors (Lipinski definition) is 0. The molecule has 0 aliphatic carbocycles. The molecule has 0 spiro atoms. The third-order valence-electron chi connectivity index (χ3n) is 11.7. The summed E-state index contributed by atoms with van der Waals surface area (Å²) in [6, 6.07) is 60.3. The number of rotatable bonds is 5. The Morgan fingerprint density at radius 1 is 0.603 bits per heavy atom. The van der Waals surface area contributed by atoms with Crippen LogP contribution < -0.4 is 4.74 Å². The first kappa shape index (κ1) is 34.4.